The third-order valence-electron chi connectivity index (χ3n) is 3.57. The number of carboxylic acid groups (broad SMARTS) is 1. The summed E-state index contributed by atoms with van der Waals surface area (Å²) in [4.78, 5) is 12.7. The number of fused-ring (bicyclic) bond motifs is 1. The Hall–Kier alpha value is -2.07. The Balaban J connectivity index is 2.13. The molecule has 0 saturated carbocycles. The zero-order chi connectivity index (χ0) is 15.2. The highest BCUT2D eigenvalue weighted by Gasteiger charge is 2.08. The second-order valence-electron chi connectivity index (χ2n) is 5.21. The summed E-state index contributed by atoms with van der Waals surface area (Å²) >= 11 is 0. The van der Waals surface area contributed by atoms with Gasteiger partial charge in [-0.25, -0.2) is 0 Å². The summed E-state index contributed by atoms with van der Waals surface area (Å²) in [5.74, 6) is 0.140. The van der Waals surface area contributed by atoms with Crippen molar-refractivity contribution in [2.24, 2.45) is 0 Å². The molecule has 0 aliphatic rings. The first-order valence-electron chi connectivity index (χ1n) is 7.06. The molecule has 1 N–H and O–H groups in total. The normalized spacial score (nSPS) is 11.0. The van der Waals surface area contributed by atoms with E-state index in [0.29, 0.717) is 6.42 Å². The van der Waals surface area contributed by atoms with Crippen molar-refractivity contribution in [3.8, 4) is 5.75 Å². The monoisotopic (exact) mass is 287 g/mol. The number of hydrogen-bond acceptors (Lipinski definition) is 3. The van der Waals surface area contributed by atoms with Crippen LogP contribution in [0.5, 0.6) is 5.75 Å². The first-order valence-corrected chi connectivity index (χ1v) is 7.06. The molecule has 4 heteroatoms. The second-order valence-corrected chi connectivity index (χ2v) is 5.21. The smallest absolute Gasteiger partial charge is 0.303 e. The van der Waals surface area contributed by atoms with E-state index in [9.17, 15) is 4.79 Å². The van der Waals surface area contributed by atoms with E-state index in [2.05, 4.69) is 23.1 Å². The lowest BCUT2D eigenvalue weighted by Crippen LogP contribution is -2.20. The van der Waals surface area contributed by atoms with Crippen molar-refractivity contribution in [1.82, 2.24) is 4.90 Å². The van der Waals surface area contributed by atoms with Gasteiger partial charge in [0.2, 0.25) is 0 Å². The van der Waals surface area contributed by atoms with Gasteiger partial charge in [-0.15, -0.1) is 0 Å². The lowest BCUT2D eigenvalue weighted by Gasteiger charge is -2.18. The van der Waals surface area contributed by atoms with E-state index in [0.717, 1.165) is 24.2 Å². The number of methoxy groups -OCH3 is 1. The Morgan fingerprint density at radius 2 is 1.90 bits per heavy atom. The van der Waals surface area contributed by atoms with E-state index in [-0.39, 0.29) is 6.42 Å². The molecule has 0 spiro atoms. The first kappa shape index (κ1) is 15.3. The molecule has 4 nitrogen and oxygen atoms in total. The summed E-state index contributed by atoms with van der Waals surface area (Å²) in [5.41, 5.74) is 1.23. The fraction of sp³-hybridized carbons (Fsp3) is 0.353. The van der Waals surface area contributed by atoms with Crippen molar-refractivity contribution in [2.45, 2.75) is 19.4 Å². The number of nitrogens with zero attached hydrogens (tertiary/aromatic N) is 1. The maximum atomic E-state index is 10.6. The summed E-state index contributed by atoms with van der Waals surface area (Å²) in [6.45, 7) is 1.57. The Morgan fingerprint density at radius 1 is 1.19 bits per heavy atom. The van der Waals surface area contributed by atoms with Gasteiger partial charge >= 0.3 is 5.97 Å². The van der Waals surface area contributed by atoms with Crippen LogP contribution < -0.4 is 4.74 Å². The molecule has 0 aliphatic heterocycles. The molecule has 2 rings (SSSR count). The Bertz CT molecular complexity index is 624. The van der Waals surface area contributed by atoms with Gasteiger partial charge in [0.1, 0.15) is 5.75 Å². The largest absolute Gasteiger partial charge is 0.496 e. The molecular formula is C17H21NO3. The predicted octanol–water partition coefficient (Wildman–Crippen LogP) is 3.15. The van der Waals surface area contributed by atoms with Crippen LogP contribution in [0, 0.1) is 0 Å². The van der Waals surface area contributed by atoms with Gasteiger partial charge in [-0.05, 0) is 37.0 Å². The number of rotatable bonds is 7. The molecule has 0 aliphatic carbocycles. The van der Waals surface area contributed by atoms with Gasteiger partial charge < -0.3 is 14.7 Å². The SMILES string of the molecule is COc1ccc(CN(C)CCCC(=O)O)c2ccccc12. The zero-order valence-corrected chi connectivity index (χ0v) is 12.5. The van der Waals surface area contributed by atoms with Crippen LogP contribution in [0.1, 0.15) is 18.4 Å². The van der Waals surface area contributed by atoms with Gasteiger partial charge in [0.25, 0.3) is 0 Å². The van der Waals surface area contributed by atoms with Crippen LogP contribution in [0.2, 0.25) is 0 Å². The van der Waals surface area contributed by atoms with Gasteiger partial charge in [0.05, 0.1) is 7.11 Å². The molecule has 112 valence electrons. The Labute approximate surface area is 124 Å². The summed E-state index contributed by atoms with van der Waals surface area (Å²) in [6, 6.07) is 12.2. The molecule has 0 fully saturated rings. The van der Waals surface area contributed by atoms with Crippen LogP contribution in [0.4, 0.5) is 0 Å². The van der Waals surface area contributed by atoms with Crippen molar-refractivity contribution < 1.29 is 14.6 Å². The van der Waals surface area contributed by atoms with Crippen LogP contribution in [0.15, 0.2) is 36.4 Å². The summed E-state index contributed by atoms with van der Waals surface area (Å²) < 4.78 is 5.40. The summed E-state index contributed by atoms with van der Waals surface area (Å²) in [5, 5.41) is 11.0. The van der Waals surface area contributed by atoms with Crippen molar-refractivity contribution in [3.63, 3.8) is 0 Å². The first-order chi connectivity index (χ1) is 10.1. The lowest BCUT2D eigenvalue weighted by molar-refractivity contribution is -0.137. The third-order valence-corrected chi connectivity index (χ3v) is 3.57. The third kappa shape index (κ3) is 3.95. The highest BCUT2D eigenvalue weighted by molar-refractivity contribution is 5.91. The van der Waals surface area contributed by atoms with Gasteiger partial charge in [-0.1, -0.05) is 30.3 Å². The molecule has 2 aromatic carbocycles. The number of carbonyl (C=O) groups is 1. The van der Waals surface area contributed by atoms with E-state index < -0.39 is 5.97 Å². The highest BCUT2D eigenvalue weighted by Crippen LogP contribution is 2.28. The Morgan fingerprint density at radius 3 is 2.57 bits per heavy atom. The summed E-state index contributed by atoms with van der Waals surface area (Å²) in [6.07, 6.45) is 0.883. The van der Waals surface area contributed by atoms with Crippen LogP contribution in [0.25, 0.3) is 10.8 Å². The average molecular weight is 287 g/mol. The molecule has 0 amide bonds. The molecular weight excluding hydrogens is 266 g/mol. The van der Waals surface area contributed by atoms with Gasteiger partial charge in [-0.2, -0.15) is 0 Å². The molecule has 0 saturated heterocycles. The fourth-order valence-electron chi connectivity index (χ4n) is 2.52. The number of carboxylic acids is 1. The van der Waals surface area contributed by atoms with Crippen molar-refractivity contribution in [2.75, 3.05) is 20.7 Å². The van der Waals surface area contributed by atoms with Crippen molar-refractivity contribution >= 4 is 16.7 Å². The number of benzene rings is 2. The molecule has 0 atom stereocenters. The van der Waals surface area contributed by atoms with E-state index >= 15 is 0 Å². The second kappa shape index (κ2) is 7.09. The summed E-state index contributed by atoms with van der Waals surface area (Å²) in [7, 11) is 3.69. The molecule has 0 bridgehead atoms. The van der Waals surface area contributed by atoms with E-state index in [4.69, 9.17) is 9.84 Å². The lowest BCUT2D eigenvalue weighted by atomic mass is 10.0. The maximum Gasteiger partial charge on any atom is 0.303 e. The van der Waals surface area contributed by atoms with Crippen LogP contribution in [-0.4, -0.2) is 36.7 Å². The van der Waals surface area contributed by atoms with Crippen molar-refractivity contribution in [1.29, 1.82) is 0 Å². The zero-order valence-electron chi connectivity index (χ0n) is 12.5. The van der Waals surface area contributed by atoms with Gasteiger partial charge in [0, 0.05) is 18.4 Å². The Kier molecular flexibility index (Phi) is 5.17. The highest BCUT2D eigenvalue weighted by atomic mass is 16.5. The number of ether oxygens (including phenoxy) is 1. The fourth-order valence-corrected chi connectivity index (χ4v) is 2.52. The van der Waals surface area contributed by atoms with E-state index in [1.54, 1.807) is 7.11 Å². The van der Waals surface area contributed by atoms with Crippen molar-refractivity contribution in [3.05, 3.63) is 42.0 Å². The number of aliphatic carboxylic acids is 1. The van der Waals surface area contributed by atoms with Crippen LogP contribution in [0.3, 0.4) is 0 Å². The quantitative estimate of drug-likeness (QED) is 0.850. The van der Waals surface area contributed by atoms with Crippen LogP contribution in [-0.2, 0) is 11.3 Å². The average Bonchev–Trinajstić information content (AvgIpc) is 2.47. The van der Waals surface area contributed by atoms with Crippen LogP contribution >= 0.6 is 0 Å². The van der Waals surface area contributed by atoms with E-state index in [1.807, 2.05) is 25.2 Å². The molecule has 0 aromatic heterocycles. The molecule has 0 unspecified atom stereocenters. The van der Waals surface area contributed by atoms with Gasteiger partial charge in [0.15, 0.2) is 0 Å². The minimum absolute atomic E-state index is 0.216. The minimum atomic E-state index is -0.738. The topological polar surface area (TPSA) is 49.8 Å². The standard InChI is InChI=1S/C17H21NO3/c1-18(11-5-8-17(19)20)12-13-9-10-16(21-2)15-7-4-3-6-14(13)15/h3-4,6-7,9-10H,5,8,11-12H2,1-2H3,(H,19,20). The predicted molar refractivity (Wildman–Crippen MR) is 83.7 cm³/mol. The van der Waals surface area contributed by atoms with E-state index in [1.165, 1.54) is 10.9 Å². The maximum absolute atomic E-state index is 10.6. The molecule has 0 heterocycles. The molecule has 0 radical (unpaired) electrons. The van der Waals surface area contributed by atoms with Gasteiger partial charge in [-0.3, -0.25) is 4.79 Å². The minimum Gasteiger partial charge on any atom is -0.496 e. The number of hydrogen-bond donors (Lipinski definition) is 1. The molecule has 2 aromatic rings. The molecule has 21 heavy (non-hydrogen) atoms.